The molecule has 0 atom stereocenters. The van der Waals surface area contributed by atoms with Crippen LogP contribution < -0.4 is 16.2 Å². The summed E-state index contributed by atoms with van der Waals surface area (Å²) in [6.07, 6.45) is -0.0962. The zero-order valence-corrected chi connectivity index (χ0v) is 12.6. The number of carbonyl (C=O) groups is 2. The van der Waals surface area contributed by atoms with Crippen molar-refractivity contribution >= 4 is 17.5 Å². The fourth-order valence-electron chi connectivity index (χ4n) is 1.79. The number of halogens is 2. The molecule has 3 N–H and O–H groups in total. The Hall–Kier alpha value is -3.22. The zero-order chi connectivity index (χ0) is 17.5. The molecule has 0 aliphatic rings. The van der Waals surface area contributed by atoms with Gasteiger partial charge < -0.3 is 10.7 Å². The quantitative estimate of drug-likeness (QED) is 0.713. The minimum Gasteiger partial charge on any atom is -0.326 e. The van der Waals surface area contributed by atoms with Gasteiger partial charge in [0.15, 0.2) is 0 Å². The molecule has 0 heterocycles. The van der Waals surface area contributed by atoms with E-state index in [1.54, 1.807) is 0 Å². The highest BCUT2D eigenvalue weighted by Gasteiger charge is 2.08. The van der Waals surface area contributed by atoms with Crippen molar-refractivity contribution in [2.75, 3.05) is 5.32 Å². The highest BCUT2D eigenvalue weighted by atomic mass is 19.1. The topological polar surface area (TPSA) is 70.2 Å². The molecule has 0 saturated carbocycles. The van der Waals surface area contributed by atoms with Gasteiger partial charge in [-0.05, 0) is 48.5 Å². The smallest absolute Gasteiger partial charge is 0.269 e. The Morgan fingerprint density at radius 2 is 1.42 bits per heavy atom. The standard InChI is InChI=1S/C17H15F2N3O2/c1-11(10-16(23)20-15-8-6-14(19)7-9-15)21-22-17(24)12-2-4-13(18)5-3-12/h2-9,21H,1,10H2,(H,20,23)(H,22,24). The second-order valence-corrected chi connectivity index (χ2v) is 4.92. The first-order chi connectivity index (χ1) is 11.4. The number of carbonyl (C=O) groups excluding carboxylic acids is 2. The molecule has 0 unspecified atom stereocenters. The number of nitrogens with one attached hydrogen (secondary N) is 3. The van der Waals surface area contributed by atoms with Crippen molar-refractivity contribution in [3.8, 4) is 0 Å². The number of benzene rings is 2. The van der Waals surface area contributed by atoms with E-state index >= 15 is 0 Å². The van der Waals surface area contributed by atoms with Crippen molar-refractivity contribution in [2.45, 2.75) is 6.42 Å². The summed E-state index contributed by atoms with van der Waals surface area (Å²) in [5, 5.41) is 2.56. The maximum atomic E-state index is 12.8. The molecular formula is C17H15F2N3O2. The van der Waals surface area contributed by atoms with E-state index in [0.717, 1.165) is 0 Å². The van der Waals surface area contributed by atoms with Crippen LogP contribution in [0.3, 0.4) is 0 Å². The molecule has 0 spiro atoms. The van der Waals surface area contributed by atoms with E-state index in [4.69, 9.17) is 0 Å². The predicted octanol–water partition coefficient (Wildman–Crippen LogP) is 2.74. The van der Waals surface area contributed by atoms with E-state index in [1.165, 1.54) is 48.5 Å². The second-order valence-electron chi connectivity index (χ2n) is 4.92. The molecule has 2 aromatic carbocycles. The van der Waals surface area contributed by atoms with Crippen LogP contribution in [0.4, 0.5) is 14.5 Å². The first-order valence-corrected chi connectivity index (χ1v) is 6.99. The predicted molar refractivity (Wildman–Crippen MR) is 85.8 cm³/mol. The number of hydrogen-bond donors (Lipinski definition) is 3. The molecule has 2 rings (SSSR count). The molecule has 2 amide bonds. The number of hydrogen-bond acceptors (Lipinski definition) is 3. The summed E-state index contributed by atoms with van der Waals surface area (Å²) in [6.45, 7) is 3.62. The van der Waals surface area contributed by atoms with Crippen molar-refractivity contribution in [1.29, 1.82) is 0 Å². The molecule has 124 valence electrons. The Balaban J connectivity index is 1.78. The Kier molecular flexibility index (Phi) is 5.62. The number of anilines is 1. The van der Waals surface area contributed by atoms with Gasteiger partial charge in [0.05, 0.1) is 6.42 Å². The van der Waals surface area contributed by atoms with Gasteiger partial charge in [-0.15, -0.1) is 0 Å². The lowest BCUT2D eigenvalue weighted by Gasteiger charge is -2.11. The first kappa shape index (κ1) is 17.1. The summed E-state index contributed by atoms with van der Waals surface area (Å²) in [4.78, 5) is 23.6. The van der Waals surface area contributed by atoms with Crippen molar-refractivity contribution in [1.82, 2.24) is 10.9 Å². The van der Waals surface area contributed by atoms with E-state index in [-0.39, 0.29) is 23.6 Å². The zero-order valence-electron chi connectivity index (χ0n) is 12.6. The van der Waals surface area contributed by atoms with Gasteiger partial charge in [-0.25, -0.2) is 8.78 Å². The van der Waals surface area contributed by atoms with Gasteiger partial charge in [0, 0.05) is 16.9 Å². The van der Waals surface area contributed by atoms with Crippen LogP contribution in [0.1, 0.15) is 16.8 Å². The largest absolute Gasteiger partial charge is 0.326 e. The van der Waals surface area contributed by atoms with Crippen molar-refractivity contribution in [3.05, 3.63) is 78.0 Å². The van der Waals surface area contributed by atoms with E-state index in [9.17, 15) is 18.4 Å². The summed E-state index contributed by atoms with van der Waals surface area (Å²) in [6, 6.07) is 10.3. The van der Waals surface area contributed by atoms with Crippen LogP contribution in [0.15, 0.2) is 60.8 Å². The molecule has 0 bridgehead atoms. The minimum atomic E-state index is -0.491. The normalized spacial score (nSPS) is 9.92. The van der Waals surface area contributed by atoms with Gasteiger partial charge in [0.2, 0.25) is 5.91 Å². The van der Waals surface area contributed by atoms with Crippen LogP contribution in [-0.4, -0.2) is 11.8 Å². The fraction of sp³-hybridized carbons (Fsp3) is 0.0588. The molecule has 0 aromatic heterocycles. The number of amides is 2. The van der Waals surface area contributed by atoms with E-state index in [1.807, 2.05) is 0 Å². The molecule has 0 radical (unpaired) electrons. The lowest BCUT2D eigenvalue weighted by molar-refractivity contribution is -0.115. The Labute approximate surface area is 137 Å². The van der Waals surface area contributed by atoms with Crippen LogP contribution in [0.25, 0.3) is 0 Å². The highest BCUT2D eigenvalue weighted by molar-refractivity contribution is 5.94. The van der Waals surface area contributed by atoms with E-state index in [2.05, 4.69) is 22.7 Å². The van der Waals surface area contributed by atoms with Crippen LogP contribution >= 0.6 is 0 Å². The van der Waals surface area contributed by atoms with Crippen LogP contribution in [-0.2, 0) is 4.79 Å². The molecule has 2 aromatic rings. The van der Waals surface area contributed by atoms with Gasteiger partial charge in [-0.3, -0.25) is 15.0 Å². The Bertz CT molecular complexity index is 743. The van der Waals surface area contributed by atoms with Crippen LogP contribution in [0, 0.1) is 11.6 Å². The second kappa shape index (κ2) is 7.87. The van der Waals surface area contributed by atoms with Crippen molar-refractivity contribution < 1.29 is 18.4 Å². The van der Waals surface area contributed by atoms with Gasteiger partial charge in [0.25, 0.3) is 5.91 Å². The summed E-state index contributed by atoms with van der Waals surface area (Å²) in [5.74, 6) is -1.71. The minimum absolute atomic E-state index is 0.0962. The summed E-state index contributed by atoms with van der Waals surface area (Å²) in [5.41, 5.74) is 5.83. The van der Waals surface area contributed by atoms with Crippen molar-refractivity contribution in [3.63, 3.8) is 0 Å². The number of rotatable bonds is 6. The first-order valence-electron chi connectivity index (χ1n) is 6.99. The fourth-order valence-corrected chi connectivity index (χ4v) is 1.79. The molecule has 5 nitrogen and oxygen atoms in total. The third-order valence-electron chi connectivity index (χ3n) is 2.96. The molecule has 0 saturated heterocycles. The molecule has 0 fully saturated rings. The summed E-state index contributed by atoms with van der Waals surface area (Å²) < 4.78 is 25.6. The van der Waals surface area contributed by atoms with Crippen LogP contribution in [0.2, 0.25) is 0 Å². The van der Waals surface area contributed by atoms with Crippen molar-refractivity contribution in [2.24, 2.45) is 0 Å². The monoisotopic (exact) mass is 331 g/mol. The average Bonchev–Trinajstić information content (AvgIpc) is 2.55. The molecule has 0 aliphatic heterocycles. The average molecular weight is 331 g/mol. The maximum absolute atomic E-state index is 12.8. The Morgan fingerprint density at radius 1 is 0.875 bits per heavy atom. The third kappa shape index (κ3) is 5.20. The summed E-state index contributed by atoms with van der Waals surface area (Å²) in [7, 11) is 0. The van der Waals surface area contributed by atoms with E-state index < -0.39 is 17.5 Å². The SMILES string of the molecule is C=C(CC(=O)Nc1ccc(F)cc1)NNC(=O)c1ccc(F)cc1. The Morgan fingerprint density at radius 3 is 2.00 bits per heavy atom. The molecule has 7 heteroatoms. The molecule has 0 aliphatic carbocycles. The molecular weight excluding hydrogens is 316 g/mol. The molecule has 24 heavy (non-hydrogen) atoms. The lowest BCUT2D eigenvalue weighted by Crippen LogP contribution is -2.37. The highest BCUT2D eigenvalue weighted by Crippen LogP contribution is 2.09. The maximum Gasteiger partial charge on any atom is 0.269 e. The van der Waals surface area contributed by atoms with Gasteiger partial charge in [-0.1, -0.05) is 6.58 Å². The van der Waals surface area contributed by atoms with Crippen LogP contribution in [0.5, 0.6) is 0 Å². The number of hydrazine groups is 1. The van der Waals surface area contributed by atoms with Gasteiger partial charge >= 0.3 is 0 Å². The lowest BCUT2D eigenvalue weighted by atomic mass is 10.2. The third-order valence-corrected chi connectivity index (χ3v) is 2.96. The van der Waals surface area contributed by atoms with Gasteiger partial charge in [-0.2, -0.15) is 0 Å². The summed E-state index contributed by atoms with van der Waals surface area (Å²) >= 11 is 0. The van der Waals surface area contributed by atoms with E-state index in [0.29, 0.717) is 5.69 Å². The van der Waals surface area contributed by atoms with Gasteiger partial charge in [0.1, 0.15) is 11.6 Å².